The van der Waals surface area contributed by atoms with Crippen LogP contribution in [0.5, 0.6) is 0 Å². The van der Waals surface area contributed by atoms with E-state index in [1.165, 1.54) is 5.57 Å². The molecule has 42 valence electrons. The Morgan fingerprint density at radius 2 is 2.43 bits per heavy atom. The third-order valence-electron chi connectivity index (χ3n) is 0.366. The van der Waals surface area contributed by atoms with Crippen molar-refractivity contribution in [1.82, 2.24) is 0 Å². The van der Waals surface area contributed by atoms with Gasteiger partial charge in [0, 0.05) is 0 Å². The molecule has 0 saturated heterocycles. The molecule has 0 aromatic rings. The minimum atomic E-state index is 0.219. The molecule has 0 aliphatic rings. The molecule has 0 N–H and O–H groups in total. The molecule has 0 aliphatic heterocycles. The van der Waals surface area contributed by atoms with Crippen LogP contribution in [-0.2, 0) is 7.04 Å². The van der Waals surface area contributed by atoms with Crippen molar-refractivity contribution in [2.45, 2.75) is 6.92 Å². The summed E-state index contributed by atoms with van der Waals surface area (Å²) in [5, 5.41) is 0. The second-order valence-electron chi connectivity index (χ2n) is 1.41. The molecule has 0 unspecified atom stereocenters. The molecule has 0 aromatic carbocycles. The third kappa shape index (κ3) is 7.25. The first-order chi connectivity index (χ1) is 3.13. The summed E-state index contributed by atoms with van der Waals surface area (Å²) in [7, 11) is 4.41. The normalized spacial score (nSPS) is 9.43. The summed E-state index contributed by atoms with van der Waals surface area (Å²) in [5.74, 6) is 1.05. The molecule has 0 fully saturated rings. The Bertz CT molecular complexity index is 132. The van der Waals surface area contributed by atoms with E-state index in [-0.39, 0.29) is 7.04 Å². The predicted octanol–water partition coefficient (Wildman–Crippen LogP) is 2.86. The molecule has 0 rings (SSSR count). The first-order valence-electron chi connectivity index (χ1n) is 1.83. The Hall–Kier alpha value is 1.25. The van der Waals surface area contributed by atoms with Gasteiger partial charge < -0.3 is 0 Å². The van der Waals surface area contributed by atoms with Gasteiger partial charge in [0.15, 0.2) is 0 Å². The van der Waals surface area contributed by atoms with Gasteiger partial charge in [-0.1, -0.05) is 0 Å². The van der Waals surface area contributed by atoms with E-state index in [1.807, 2.05) is 6.92 Å². The number of hydrogen-bond donors (Lipinski definition) is 0. The summed E-state index contributed by atoms with van der Waals surface area (Å²) < 4.78 is 0. The van der Waals surface area contributed by atoms with Gasteiger partial charge in [-0.2, -0.15) is 0 Å². The fourth-order valence-corrected chi connectivity index (χ4v) is 2.87. The van der Waals surface area contributed by atoms with Crippen molar-refractivity contribution in [1.29, 1.82) is 0 Å². The van der Waals surface area contributed by atoms with Gasteiger partial charge in [-0.25, -0.2) is 0 Å². The fraction of sp³-hybridized carbons (Fsp3) is 0.500. The molecule has 3 heteroatoms. The van der Waals surface area contributed by atoms with Gasteiger partial charge >= 0.3 is 60.9 Å². The van der Waals surface area contributed by atoms with Crippen molar-refractivity contribution in [2.75, 3.05) is 5.75 Å². The molecule has 0 aliphatic carbocycles. The van der Waals surface area contributed by atoms with Crippen LogP contribution in [0, 0.1) is 0 Å². The van der Waals surface area contributed by atoms with Gasteiger partial charge in [0.05, 0.1) is 0 Å². The number of halogens is 1. The van der Waals surface area contributed by atoms with Crippen molar-refractivity contribution in [2.24, 2.45) is 0 Å². The van der Waals surface area contributed by atoms with Crippen LogP contribution in [0.1, 0.15) is 6.92 Å². The summed E-state index contributed by atoms with van der Waals surface area (Å²) in [6, 6.07) is 0. The van der Waals surface area contributed by atoms with Crippen LogP contribution in [0.25, 0.3) is 0 Å². The third-order valence-corrected chi connectivity index (χ3v) is 2.42. The van der Waals surface area contributed by atoms with Crippen LogP contribution in [0.3, 0.4) is 0 Å². The van der Waals surface area contributed by atoms with Crippen LogP contribution in [0.2, 0.25) is 0 Å². The molecule has 0 nitrogen and oxygen atoms in total. The molecule has 0 heterocycles. The van der Waals surface area contributed by atoms with Crippen LogP contribution < -0.4 is 0 Å². The minimum absolute atomic E-state index is 0.219. The molecule has 0 radical (unpaired) electrons. The maximum atomic E-state index is 4.19. The van der Waals surface area contributed by atoms with E-state index in [2.05, 4.69) is 35.6 Å². The van der Waals surface area contributed by atoms with Crippen molar-refractivity contribution in [3.05, 3.63) is 12.2 Å². The van der Waals surface area contributed by atoms with E-state index in [4.69, 9.17) is 0 Å². The van der Waals surface area contributed by atoms with Crippen LogP contribution >= 0.6 is 29.0 Å². The van der Waals surface area contributed by atoms with E-state index in [9.17, 15) is 0 Å². The number of rotatable bonds is 1. The van der Waals surface area contributed by atoms with E-state index in [0.29, 0.717) is 0 Å². The molecule has 0 bridgehead atoms. The first kappa shape index (κ1) is 8.25. The summed E-state index contributed by atoms with van der Waals surface area (Å²) in [5.41, 5.74) is 1.22. The first-order valence-corrected chi connectivity index (χ1v) is 6.82. The van der Waals surface area contributed by atoms with Crippen LogP contribution in [-0.4, -0.2) is 5.75 Å². The van der Waals surface area contributed by atoms with Gasteiger partial charge in [0.25, 0.3) is 0 Å². The SMILES string of the molecule is C=C(C)C[S-](#P)I. The van der Waals surface area contributed by atoms with Gasteiger partial charge in [0.2, 0.25) is 0 Å². The predicted molar refractivity (Wildman–Crippen MR) is 48.0 cm³/mol. The topological polar surface area (TPSA) is 0 Å². The van der Waals surface area contributed by atoms with Crippen LogP contribution in [0.15, 0.2) is 12.2 Å². The zero-order valence-corrected chi connectivity index (χ0v) is 8.02. The van der Waals surface area contributed by atoms with Crippen molar-refractivity contribution in [3.63, 3.8) is 0 Å². The Morgan fingerprint density at radius 1 is 2.00 bits per heavy atom. The summed E-state index contributed by atoms with van der Waals surface area (Å²) in [6.45, 7) is 5.77. The Balaban J connectivity index is 3.39. The van der Waals surface area contributed by atoms with E-state index >= 15 is 0 Å². The Morgan fingerprint density at radius 3 is 2.43 bits per heavy atom. The molecule has 0 amide bonds. The van der Waals surface area contributed by atoms with Gasteiger partial charge in [-0.05, 0) is 0 Å². The molecule has 0 atom stereocenters. The molecular formula is C4H7IPS-. The molecule has 0 aromatic heterocycles. The second-order valence-corrected chi connectivity index (χ2v) is 8.91. The Labute approximate surface area is 60.8 Å². The van der Waals surface area contributed by atoms with E-state index < -0.39 is 0 Å². The maximum absolute atomic E-state index is 4.19. The van der Waals surface area contributed by atoms with Crippen molar-refractivity contribution >= 4 is 36.1 Å². The van der Waals surface area contributed by atoms with E-state index in [1.54, 1.807) is 0 Å². The Kier molecular flexibility index (Phi) is 4.90. The molecule has 7 heavy (non-hydrogen) atoms. The average molecular weight is 245 g/mol. The van der Waals surface area contributed by atoms with Gasteiger partial charge in [0.1, 0.15) is 0 Å². The standard InChI is InChI=1S/C4H7IPS/c1-4(2)3-7(5)6/h1,3H2,2H3/q-1. The summed E-state index contributed by atoms with van der Waals surface area (Å²) in [6.07, 6.45) is 0. The van der Waals surface area contributed by atoms with Crippen molar-refractivity contribution in [3.8, 4) is 0 Å². The monoisotopic (exact) mass is 245 g/mol. The van der Waals surface area contributed by atoms with Crippen molar-refractivity contribution < 1.29 is 0 Å². The van der Waals surface area contributed by atoms with Crippen LogP contribution in [0.4, 0.5) is 0 Å². The summed E-state index contributed by atoms with van der Waals surface area (Å²) in [4.78, 5) is 0. The summed E-state index contributed by atoms with van der Waals surface area (Å²) >= 11 is 2.29. The second kappa shape index (κ2) is 4.16. The van der Waals surface area contributed by atoms with Gasteiger partial charge in [-0.3, -0.25) is 0 Å². The number of hydrogen-bond acceptors (Lipinski definition) is 1. The molecule has 0 spiro atoms. The van der Waals surface area contributed by atoms with E-state index in [0.717, 1.165) is 5.75 Å². The average Bonchev–Trinajstić information content (AvgIpc) is 1.27. The fourth-order valence-electron chi connectivity index (χ4n) is 0.203. The molecular weight excluding hydrogens is 238 g/mol. The zero-order chi connectivity index (χ0) is 5.86. The molecule has 0 saturated carbocycles. The zero-order valence-electron chi connectivity index (χ0n) is 4.15. The van der Waals surface area contributed by atoms with Gasteiger partial charge in [-0.15, -0.1) is 0 Å². The quantitative estimate of drug-likeness (QED) is 0.288.